The predicted octanol–water partition coefficient (Wildman–Crippen LogP) is 6.08. The molecule has 0 aliphatic heterocycles. The monoisotopic (exact) mass is 399 g/mol. The fraction of sp³-hybridized carbons (Fsp3) is 0.0455. The van der Waals surface area contributed by atoms with Crippen LogP contribution in [-0.2, 0) is 0 Å². The van der Waals surface area contributed by atoms with Crippen LogP contribution in [0.4, 0.5) is 17.3 Å². The largest absolute Gasteiger partial charge is 0.496 e. The SMILES string of the molecule is COc1ccc(N=Nc2nc(-c3ccccc3)c(-c3ccccc3)[nH]2)c([N+](=O)[O-])c1. The molecule has 0 aliphatic carbocycles. The van der Waals surface area contributed by atoms with Crippen LogP contribution in [-0.4, -0.2) is 22.0 Å². The highest BCUT2D eigenvalue weighted by Gasteiger charge is 2.17. The number of aromatic amines is 1. The van der Waals surface area contributed by atoms with Gasteiger partial charge in [-0.2, -0.15) is 0 Å². The zero-order valence-electron chi connectivity index (χ0n) is 16.0. The van der Waals surface area contributed by atoms with E-state index in [1.54, 1.807) is 6.07 Å². The molecule has 0 saturated heterocycles. The van der Waals surface area contributed by atoms with Gasteiger partial charge in [-0.15, -0.1) is 10.2 Å². The number of hydrogen-bond acceptors (Lipinski definition) is 6. The van der Waals surface area contributed by atoms with E-state index in [0.717, 1.165) is 22.5 Å². The summed E-state index contributed by atoms with van der Waals surface area (Å²) in [6, 6.07) is 23.8. The van der Waals surface area contributed by atoms with E-state index in [2.05, 4.69) is 20.2 Å². The van der Waals surface area contributed by atoms with Crippen molar-refractivity contribution < 1.29 is 9.66 Å². The van der Waals surface area contributed by atoms with E-state index in [-0.39, 0.29) is 17.3 Å². The number of nitro benzene ring substituents is 1. The number of rotatable bonds is 6. The van der Waals surface area contributed by atoms with E-state index in [0.29, 0.717) is 5.75 Å². The minimum Gasteiger partial charge on any atom is -0.496 e. The Morgan fingerprint density at radius 1 is 0.933 bits per heavy atom. The average molecular weight is 399 g/mol. The smallest absolute Gasteiger partial charge is 0.300 e. The minimum absolute atomic E-state index is 0.111. The van der Waals surface area contributed by atoms with Gasteiger partial charge < -0.3 is 9.72 Å². The van der Waals surface area contributed by atoms with Crippen LogP contribution in [0.25, 0.3) is 22.5 Å². The van der Waals surface area contributed by atoms with Crippen LogP contribution in [0.15, 0.2) is 89.1 Å². The summed E-state index contributed by atoms with van der Waals surface area (Å²) in [5, 5.41) is 19.5. The molecule has 1 heterocycles. The van der Waals surface area contributed by atoms with Crippen molar-refractivity contribution >= 4 is 17.3 Å². The third kappa shape index (κ3) is 3.93. The number of aromatic nitrogens is 2. The van der Waals surface area contributed by atoms with Gasteiger partial charge in [-0.3, -0.25) is 10.1 Å². The Bertz CT molecular complexity index is 1150. The summed E-state index contributed by atoms with van der Waals surface area (Å²) >= 11 is 0. The molecule has 0 radical (unpaired) electrons. The number of nitrogens with zero attached hydrogens (tertiary/aromatic N) is 4. The quantitative estimate of drug-likeness (QED) is 0.241. The van der Waals surface area contributed by atoms with Gasteiger partial charge in [-0.05, 0) is 12.1 Å². The molecule has 0 amide bonds. The van der Waals surface area contributed by atoms with Crippen molar-refractivity contribution in [2.24, 2.45) is 10.2 Å². The van der Waals surface area contributed by atoms with Crippen LogP contribution in [0.2, 0.25) is 0 Å². The number of ether oxygens (including phenoxy) is 1. The lowest BCUT2D eigenvalue weighted by molar-refractivity contribution is -0.384. The van der Waals surface area contributed by atoms with Crippen molar-refractivity contribution in [2.45, 2.75) is 0 Å². The highest BCUT2D eigenvalue weighted by Crippen LogP contribution is 2.35. The number of methoxy groups -OCH3 is 1. The maximum absolute atomic E-state index is 11.4. The zero-order chi connectivity index (χ0) is 20.9. The molecule has 4 rings (SSSR count). The number of azo groups is 1. The lowest BCUT2D eigenvalue weighted by Gasteiger charge is -2.02. The Balaban J connectivity index is 1.76. The predicted molar refractivity (Wildman–Crippen MR) is 113 cm³/mol. The Morgan fingerprint density at radius 2 is 1.60 bits per heavy atom. The van der Waals surface area contributed by atoms with Crippen LogP contribution < -0.4 is 4.74 Å². The van der Waals surface area contributed by atoms with Crippen molar-refractivity contribution in [1.29, 1.82) is 0 Å². The highest BCUT2D eigenvalue weighted by atomic mass is 16.6. The lowest BCUT2D eigenvalue weighted by Crippen LogP contribution is -1.90. The van der Waals surface area contributed by atoms with Gasteiger partial charge in [-0.1, -0.05) is 60.7 Å². The molecule has 4 aromatic rings. The normalized spacial score (nSPS) is 11.0. The van der Waals surface area contributed by atoms with Crippen molar-refractivity contribution in [3.8, 4) is 28.3 Å². The van der Waals surface area contributed by atoms with Crippen molar-refractivity contribution in [1.82, 2.24) is 9.97 Å². The van der Waals surface area contributed by atoms with E-state index < -0.39 is 4.92 Å². The van der Waals surface area contributed by atoms with Crippen molar-refractivity contribution in [3.63, 3.8) is 0 Å². The highest BCUT2D eigenvalue weighted by molar-refractivity contribution is 5.79. The Kier molecular flexibility index (Phi) is 5.29. The summed E-state index contributed by atoms with van der Waals surface area (Å²) in [6.45, 7) is 0. The fourth-order valence-electron chi connectivity index (χ4n) is 2.99. The molecular weight excluding hydrogens is 382 g/mol. The van der Waals surface area contributed by atoms with E-state index in [1.165, 1.54) is 19.2 Å². The van der Waals surface area contributed by atoms with Crippen LogP contribution in [0, 0.1) is 10.1 Å². The third-order valence-corrected chi connectivity index (χ3v) is 4.43. The first-order valence-electron chi connectivity index (χ1n) is 9.10. The molecule has 0 fully saturated rings. The second-order valence-electron chi connectivity index (χ2n) is 6.33. The number of hydrogen-bond donors (Lipinski definition) is 1. The first-order valence-corrected chi connectivity index (χ1v) is 9.10. The van der Waals surface area contributed by atoms with Crippen LogP contribution >= 0.6 is 0 Å². The van der Waals surface area contributed by atoms with Gasteiger partial charge in [0.2, 0.25) is 5.95 Å². The van der Waals surface area contributed by atoms with Gasteiger partial charge >= 0.3 is 0 Å². The molecule has 148 valence electrons. The first-order chi connectivity index (χ1) is 14.7. The first kappa shape index (κ1) is 19.0. The fourth-order valence-corrected chi connectivity index (χ4v) is 2.99. The maximum atomic E-state index is 11.4. The molecular formula is C22H17N5O3. The molecule has 0 unspecified atom stereocenters. The van der Waals surface area contributed by atoms with E-state index in [1.807, 2.05) is 60.7 Å². The average Bonchev–Trinajstić information content (AvgIpc) is 3.23. The Morgan fingerprint density at radius 3 is 2.23 bits per heavy atom. The molecule has 1 aromatic heterocycles. The molecule has 1 N–H and O–H groups in total. The summed E-state index contributed by atoms with van der Waals surface area (Å²) in [6.07, 6.45) is 0. The Hall–Kier alpha value is -4.33. The Labute approximate surface area is 172 Å². The molecule has 0 saturated carbocycles. The molecule has 8 heteroatoms. The second kappa shape index (κ2) is 8.36. The van der Waals surface area contributed by atoms with Crippen LogP contribution in [0.3, 0.4) is 0 Å². The minimum atomic E-state index is -0.524. The molecule has 30 heavy (non-hydrogen) atoms. The second-order valence-corrected chi connectivity index (χ2v) is 6.33. The zero-order valence-corrected chi connectivity index (χ0v) is 16.0. The number of imidazole rings is 1. The molecule has 0 atom stereocenters. The molecule has 0 spiro atoms. The van der Waals surface area contributed by atoms with E-state index in [9.17, 15) is 10.1 Å². The maximum Gasteiger partial charge on any atom is 0.300 e. The van der Waals surface area contributed by atoms with Gasteiger partial charge in [0, 0.05) is 11.1 Å². The van der Waals surface area contributed by atoms with Crippen molar-refractivity contribution in [2.75, 3.05) is 7.11 Å². The molecule has 3 aromatic carbocycles. The topological polar surface area (TPSA) is 106 Å². The van der Waals surface area contributed by atoms with Crippen molar-refractivity contribution in [3.05, 3.63) is 89.0 Å². The summed E-state index contributed by atoms with van der Waals surface area (Å²) in [7, 11) is 1.44. The lowest BCUT2D eigenvalue weighted by atomic mass is 10.1. The number of nitro groups is 1. The van der Waals surface area contributed by atoms with Gasteiger partial charge in [0.15, 0.2) is 5.69 Å². The number of H-pyrrole nitrogens is 1. The van der Waals surface area contributed by atoms with Gasteiger partial charge in [-0.25, -0.2) is 4.98 Å². The van der Waals surface area contributed by atoms with Crippen LogP contribution in [0.1, 0.15) is 0 Å². The van der Waals surface area contributed by atoms with E-state index in [4.69, 9.17) is 4.74 Å². The summed E-state index contributed by atoms with van der Waals surface area (Å²) in [5.41, 5.74) is 3.29. The van der Waals surface area contributed by atoms with Gasteiger partial charge in [0.05, 0.1) is 29.5 Å². The third-order valence-electron chi connectivity index (χ3n) is 4.43. The summed E-state index contributed by atoms with van der Waals surface area (Å²) in [4.78, 5) is 18.6. The number of benzene rings is 3. The van der Waals surface area contributed by atoms with E-state index >= 15 is 0 Å². The molecule has 0 bridgehead atoms. The molecule has 8 nitrogen and oxygen atoms in total. The summed E-state index contributed by atoms with van der Waals surface area (Å²) < 4.78 is 5.04. The standard InChI is InChI=1S/C22H17N5O3/c1-30-17-12-13-18(19(14-17)27(28)29)25-26-22-23-20(15-8-4-2-5-9-15)21(24-22)16-10-6-3-7-11-16/h2-14H,1H3,(H,23,24). The summed E-state index contributed by atoms with van der Waals surface area (Å²) in [5.74, 6) is 0.620. The van der Waals surface area contributed by atoms with Crippen LogP contribution in [0.5, 0.6) is 5.75 Å². The van der Waals surface area contributed by atoms with Gasteiger partial charge in [0.25, 0.3) is 5.69 Å². The molecule has 0 aliphatic rings. The van der Waals surface area contributed by atoms with Gasteiger partial charge in [0.1, 0.15) is 5.75 Å². The number of nitrogens with one attached hydrogen (secondary N) is 1.